The SMILES string of the molecule is CS(=O)(=O)c1ccc(Nc2ncc(F)c(-c3cccn3C3CCOCC3)n2)cc1F. The van der Waals surface area contributed by atoms with E-state index in [0.29, 0.717) is 18.9 Å². The highest BCUT2D eigenvalue weighted by Crippen LogP contribution is 2.30. The summed E-state index contributed by atoms with van der Waals surface area (Å²) in [5.41, 5.74) is 0.984. The number of ether oxygens (including phenoxy) is 1. The number of hydrogen-bond acceptors (Lipinski definition) is 6. The van der Waals surface area contributed by atoms with Crippen LogP contribution in [0.5, 0.6) is 0 Å². The van der Waals surface area contributed by atoms with Crippen LogP contribution in [0, 0.1) is 11.6 Å². The first-order chi connectivity index (χ1) is 14.3. The Bertz CT molecular complexity index is 1170. The fourth-order valence-corrected chi connectivity index (χ4v) is 4.22. The van der Waals surface area contributed by atoms with Crippen molar-refractivity contribution in [3.8, 4) is 11.4 Å². The van der Waals surface area contributed by atoms with Gasteiger partial charge in [-0.2, -0.15) is 0 Å². The van der Waals surface area contributed by atoms with Crippen molar-refractivity contribution in [3.05, 3.63) is 54.4 Å². The average molecular weight is 434 g/mol. The lowest BCUT2D eigenvalue weighted by Crippen LogP contribution is -2.20. The Labute approximate surface area is 172 Å². The van der Waals surface area contributed by atoms with Crippen molar-refractivity contribution >= 4 is 21.5 Å². The summed E-state index contributed by atoms with van der Waals surface area (Å²) in [7, 11) is -3.68. The van der Waals surface area contributed by atoms with E-state index >= 15 is 0 Å². The van der Waals surface area contributed by atoms with E-state index in [4.69, 9.17) is 4.74 Å². The molecule has 1 aromatic carbocycles. The number of hydrogen-bond donors (Lipinski definition) is 1. The Hall–Kier alpha value is -2.85. The van der Waals surface area contributed by atoms with Crippen LogP contribution in [0.4, 0.5) is 20.4 Å². The second-order valence-electron chi connectivity index (χ2n) is 7.08. The maximum Gasteiger partial charge on any atom is 0.227 e. The molecular formula is C20H20F2N4O3S. The molecule has 3 aromatic rings. The van der Waals surface area contributed by atoms with Gasteiger partial charge in [-0.1, -0.05) is 0 Å². The Kier molecular flexibility index (Phi) is 5.52. The van der Waals surface area contributed by atoms with Gasteiger partial charge in [0.1, 0.15) is 16.4 Å². The molecule has 4 rings (SSSR count). The van der Waals surface area contributed by atoms with E-state index in [-0.39, 0.29) is 23.4 Å². The Morgan fingerprint density at radius 2 is 1.93 bits per heavy atom. The molecule has 0 saturated carbocycles. The Balaban J connectivity index is 1.64. The van der Waals surface area contributed by atoms with E-state index in [0.717, 1.165) is 37.4 Å². The van der Waals surface area contributed by atoms with Crippen LogP contribution in [-0.2, 0) is 14.6 Å². The van der Waals surface area contributed by atoms with Gasteiger partial charge in [0, 0.05) is 37.4 Å². The predicted molar refractivity (Wildman–Crippen MR) is 107 cm³/mol. The van der Waals surface area contributed by atoms with Gasteiger partial charge in [-0.25, -0.2) is 27.2 Å². The summed E-state index contributed by atoms with van der Waals surface area (Å²) in [4.78, 5) is 7.80. The normalized spacial score (nSPS) is 15.3. The minimum atomic E-state index is -3.68. The second kappa shape index (κ2) is 8.11. The molecule has 1 aliphatic heterocycles. The summed E-state index contributed by atoms with van der Waals surface area (Å²) < 4.78 is 59.2. The van der Waals surface area contributed by atoms with Gasteiger partial charge < -0.3 is 14.6 Å². The van der Waals surface area contributed by atoms with Gasteiger partial charge in [0.15, 0.2) is 15.7 Å². The standard InChI is InChI=1S/C20H20F2N4O3S/c1-30(27,28)18-5-4-13(11-15(18)21)24-20-23-12-16(22)19(25-20)17-3-2-8-26(17)14-6-9-29-10-7-14/h2-5,8,11-12,14H,6-7,9-10H2,1H3,(H,23,24,25). The number of nitrogens with zero attached hydrogens (tertiary/aromatic N) is 3. The van der Waals surface area contributed by atoms with Gasteiger partial charge in [-0.3, -0.25) is 0 Å². The molecule has 30 heavy (non-hydrogen) atoms. The maximum absolute atomic E-state index is 14.5. The monoisotopic (exact) mass is 434 g/mol. The van der Waals surface area contributed by atoms with Gasteiger partial charge >= 0.3 is 0 Å². The minimum absolute atomic E-state index is 0.0673. The highest BCUT2D eigenvalue weighted by atomic mass is 32.2. The number of anilines is 2. The first-order valence-corrected chi connectivity index (χ1v) is 11.3. The molecule has 3 heterocycles. The molecule has 0 atom stereocenters. The zero-order valence-electron chi connectivity index (χ0n) is 16.2. The van der Waals surface area contributed by atoms with Crippen LogP contribution in [0.1, 0.15) is 18.9 Å². The molecule has 1 N–H and O–H groups in total. The fraction of sp³-hybridized carbons (Fsp3) is 0.300. The lowest BCUT2D eigenvalue weighted by molar-refractivity contribution is 0.0700. The van der Waals surface area contributed by atoms with Gasteiger partial charge in [0.05, 0.1) is 11.9 Å². The molecule has 158 valence electrons. The number of benzene rings is 1. The van der Waals surface area contributed by atoms with E-state index in [9.17, 15) is 17.2 Å². The van der Waals surface area contributed by atoms with E-state index < -0.39 is 26.4 Å². The molecule has 10 heteroatoms. The summed E-state index contributed by atoms with van der Waals surface area (Å²) in [5, 5.41) is 2.80. The van der Waals surface area contributed by atoms with Crippen molar-refractivity contribution in [1.82, 2.24) is 14.5 Å². The topological polar surface area (TPSA) is 86.1 Å². The van der Waals surface area contributed by atoms with Crippen LogP contribution in [0.3, 0.4) is 0 Å². The zero-order chi connectivity index (χ0) is 21.3. The van der Waals surface area contributed by atoms with E-state index in [1.54, 1.807) is 6.07 Å². The summed E-state index contributed by atoms with van der Waals surface area (Å²) in [6, 6.07) is 7.40. The molecular weight excluding hydrogens is 414 g/mol. The first-order valence-electron chi connectivity index (χ1n) is 9.37. The first kappa shape index (κ1) is 20.4. The fourth-order valence-electron chi connectivity index (χ4n) is 3.49. The van der Waals surface area contributed by atoms with Gasteiger partial charge in [0.2, 0.25) is 5.95 Å². The molecule has 0 spiro atoms. The van der Waals surface area contributed by atoms with Crippen molar-refractivity contribution in [2.24, 2.45) is 0 Å². The molecule has 1 aliphatic rings. The quantitative estimate of drug-likeness (QED) is 0.659. The summed E-state index contributed by atoms with van der Waals surface area (Å²) in [6.07, 6.45) is 5.52. The molecule has 0 aliphatic carbocycles. The van der Waals surface area contributed by atoms with Crippen LogP contribution in [0.25, 0.3) is 11.4 Å². The smallest absolute Gasteiger partial charge is 0.227 e. The van der Waals surface area contributed by atoms with Gasteiger partial charge in [0.25, 0.3) is 0 Å². The van der Waals surface area contributed by atoms with Crippen LogP contribution < -0.4 is 5.32 Å². The maximum atomic E-state index is 14.5. The molecule has 2 aromatic heterocycles. The van der Waals surface area contributed by atoms with Gasteiger partial charge in [-0.05, 0) is 43.2 Å². The summed E-state index contributed by atoms with van der Waals surface area (Å²) >= 11 is 0. The molecule has 1 saturated heterocycles. The lowest BCUT2D eigenvalue weighted by atomic mass is 10.1. The van der Waals surface area contributed by atoms with Crippen molar-refractivity contribution in [2.75, 3.05) is 24.8 Å². The van der Waals surface area contributed by atoms with Crippen LogP contribution in [-0.4, -0.2) is 42.4 Å². The predicted octanol–water partition coefficient (Wildman–Crippen LogP) is 3.72. The van der Waals surface area contributed by atoms with Crippen molar-refractivity contribution in [2.45, 2.75) is 23.8 Å². The molecule has 7 nitrogen and oxygen atoms in total. The third-order valence-corrected chi connectivity index (χ3v) is 6.07. The minimum Gasteiger partial charge on any atom is -0.381 e. The van der Waals surface area contributed by atoms with Crippen LogP contribution in [0.2, 0.25) is 0 Å². The highest BCUT2D eigenvalue weighted by Gasteiger charge is 2.21. The van der Waals surface area contributed by atoms with Crippen LogP contribution >= 0.6 is 0 Å². The Morgan fingerprint density at radius 1 is 1.17 bits per heavy atom. The third-order valence-electron chi connectivity index (χ3n) is 4.94. The van der Waals surface area contributed by atoms with Crippen LogP contribution in [0.15, 0.2) is 47.6 Å². The molecule has 0 amide bonds. The lowest BCUT2D eigenvalue weighted by Gasteiger charge is -2.25. The van der Waals surface area contributed by atoms with E-state index in [2.05, 4.69) is 15.3 Å². The average Bonchev–Trinajstić information content (AvgIpc) is 3.19. The molecule has 1 fully saturated rings. The molecule has 0 radical (unpaired) electrons. The van der Waals surface area contributed by atoms with Gasteiger partial charge in [-0.15, -0.1) is 0 Å². The largest absolute Gasteiger partial charge is 0.381 e. The number of halogens is 2. The van der Waals surface area contributed by atoms with E-state index in [1.165, 1.54) is 6.07 Å². The molecule has 0 unspecified atom stereocenters. The third kappa shape index (κ3) is 4.19. The van der Waals surface area contributed by atoms with Crippen molar-refractivity contribution < 1.29 is 21.9 Å². The Morgan fingerprint density at radius 3 is 2.63 bits per heavy atom. The number of rotatable bonds is 5. The number of nitrogens with one attached hydrogen (secondary N) is 1. The summed E-state index contributed by atoms with van der Waals surface area (Å²) in [6.45, 7) is 1.30. The zero-order valence-corrected chi connectivity index (χ0v) is 17.0. The number of sulfone groups is 1. The summed E-state index contributed by atoms with van der Waals surface area (Å²) in [5.74, 6) is -1.40. The van der Waals surface area contributed by atoms with Crippen molar-refractivity contribution in [1.29, 1.82) is 0 Å². The van der Waals surface area contributed by atoms with Crippen molar-refractivity contribution in [3.63, 3.8) is 0 Å². The number of aromatic nitrogens is 3. The molecule has 0 bridgehead atoms. The second-order valence-corrected chi connectivity index (χ2v) is 9.06. The van der Waals surface area contributed by atoms with E-state index in [1.807, 2.05) is 16.8 Å². The highest BCUT2D eigenvalue weighted by molar-refractivity contribution is 7.90.